The van der Waals surface area contributed by atoms with Crippen molar-refractivity contribution in [3.05, 3.63) is 24.3 Å². The van der Waals surface area contributed by atoms with E-state index in [-0.39, 0.29) is 17.9 Å². The Morgan fingerprint density at radius 1 is 1.40 bits per heavy atom. The van der Waals surface area contributed by atoms with Crippen LogP contribution in [0.3, 0.4) is 0 Å². The number of aliphatic hydroxyl groups excluding tert-OH is 1. The highest BCUT2D eigenvalue weighted by atomic mass is 16.7. The number of hydrogen-bond acceptors (Lipinski definition) is 4. The highest BCUT2D eigenvalue weighted by molar-refractivity contribution is 5.41. The Morgan fingerprint density at radius 2 is 2.05 bits per heavy atom. The molecule has 3 rings (SSSR count). The van der Waals surface area contributed by atoms with Gasteiger partial charge in [-0.3, -0.25) is 0 Å². The third kappa shape index (κ3) is 1.45. The number of hydrogen-bond donors (Lipinski definition) is 1. The lowest BCUT2D eigenvalue weighted by molar-refractivity contribution is -0.330. The van der Waals surface area contributed by atoms with Gasteiger partial charge in [0.15, 0.2) is 5.60 Å². The lowest BCUT2D eigenvalue weighted by Gasteiger charge is -2.54. The van der Waals surface area contributed by atoms with Gasteiger partial charge in [-0.05, 0) is 23.5 Å². The van der Waals surface area contributed by atoms with Gasteiger partial charge in [-0.1, -0.05) is 26.5 Å². The SMILES string of the molecule is C=C1C2[C@@H](O)[C@H](C(C)C)CC(OC)(OC)[C@@]23C=C[C@@H]1O3. The van der Waals surface area contributed by atoms with Crippen LogP contribution in [0.4, 0.5) is 0 Å². The van der Waals surface area contributed by atoms with E-state index < -0.39 is 17.5 Å². The Kier molecular flexibility index (Phi) is 3.14. The maximum atomic E-state index is 10.8. The van der Waals surface area contributed by atoms with E-state index in [0.29, 0.717) is 12.3 Å². The topological polar surface area (TPSA) is 47.9 Å². The zero-order valence-corrected chi connectivity index (χ0v) is 12.6. The quantitative estimate of drug-likeness (QED) is 0.633. The molecule has 1 saturated heterocycles. The van der Waals surface area contributed by atoms with Gasteiger partial charge in [-0.25, -0.2) is 0 Å². The molecule has 1 saturated carbocycles. The highest BCUT2D eigenvalue weighted by Crippen LogP contribution is 2.60. The number of ether oxygens (including phenoxy) is 3. The molecule has 1 N–H and O–H groups in total. The molecule has 3 aliphatic rings. The predicted molar refractivity (Wildman–Crippen MR) is 75.1 cm³/mol. The first-order valence-electron chi connectivity index (χ1n) is 7.26. The minimum Gasteiger partial charge on any atom is -0.392 e. The summed E-state index contributed by atoms with van der Waals surface area (Å²) in [5.41, 5.74) is 0.187. The molecule has 4 nitrogen and oxygen atoms in total. The summed E-state index contributed by atoms with van der Waals surface area (Å²) in [5, 5.41) is 10.8. The summed E-state index contributed by atoms with van der Waals surface area (Å²) in [6, 6.07) is 0. The van der Waals surface area contributed by atoms with Crippen LogP contribution in [-0.2, 0) is 14.2 Å². The largest absolute Gasteiger partial charge is 0.392 e. The first-order chi connectivity index (χ1) is 9.42. The molecule has 1 aliphatic carbocycles. The molecule has 112 valence electrons. The molecule has 2 fully saturated rings. The molecule has 2 aliphatic heterocycles. The molecule has 2 heterocycles. The highest BCUT2D eigenvalue weighted by Gasteiger charge is 2.71. The first-order valence-corrected chi connectivity index (χ1v) is 7.26. The second-order valence-electron chi connectivity index (χ2n) is 6.51. The van der Waals surface area contributed by atoms with Crippen LogP contribution in [0.25, 0.3) is 0 Å². The normalized spacial score (nSPS) is 45.2. The molecule has 1 unspecified atom stereocenters. The van der Waals surface area contributed by atoms with Crippen LogP contribution in [0.2, 0.25) is 0 Å². The van der Waals surface area contributed by atoms with Gasteiger partial charge < -0.3 is 19.3 Å². The van der Waals surface area contributed by atoms with Crippen molar-refractivity contribution in [1.29, 1.82) is 0 Å². The third-order valence-corrected chi connectivity index (χ3v) is 5.46. The van der Waals surface area contributed by atoms with Crippen molar-refractivity contribution in [3.8, 4) is 0 Å². The van der Waals surface area contributed by atoms with Gasteiger partial charge in [-0.15, -0.1) is 0 Å². The Balaban J connectivity index is 2.12. The monoisotopic (exact) mass is 280 g/mol. The summed E-state index contributed by atoms with van der Waals surface area (Å²) in [4.78, 5) is 0. The standard InChI is InChI=1S/C16H24O4/c1-9(2)11-8-16(18-4,19-5)15-7-6-12(20-15)10(3)13(15)14(11)17/h6-7,9,11-14,17H,3,8H2,1-2,4-5H3/t11-,12-,13?,14-,15+/m0/s1. The summed E-state index contributed by atoms with van der Waals surface area (Å²) < 4.78 is 17.7. The Labute approximate surface area is 120 Å². The van der Waals surface area contributed by atoms with Crippen molar-refractivity contribution in [3.63, 3.8) is 0 Å². The molecule has 5 atom stereocenters. The first kappa shape index (κ1) is 14.3. The van der Waals surface area contributed by atoms with Crippen LogP contribution in [0.15, 0.2) is 24.3 Å². The van der Waals surface area contributed by atoms with E-state index in [9.17, 15) is 5.11 Å². The average Bonchev–Trinajstić information content (AvgIpc) is 2.96. The Morgan fingerprint density at radius 3 is 2.60 bits per heavy atom. The molecule has 2 bridgehead atoms. The van der Waals surface area contributed by atoms with Crippen molar-refractivity contribution in [2.24, 2.45) is 17.8 Å². The Hall–Kier alpha value is -0.680. The van der Waals surface area contributed by atoms with Gasteiger partial charge in [0.05, 0.1) is 12.2 Å². The summed E-state index contributed by atoms with van der Waals surface area (Å²) >= 11 is 0. The van der Waals surface area contributed by atoms with E-state index >= 15 is 0 Å². The fraction of sp³-hybridized carbons (Fsp3) is 0.750. The number of methoxy groups -OCH3 is 2. The summed E-state index contributed by atoms with van der Waals surface area (Å²) in [6.45, 7) is 8.39. The van der Waals surface area contributed by atoms with Crippen molar-refractivity contribution in [2.75, 3.05) is 14.2 Å². The van der Waals surface area contributed by atoms with E-state index in [4.69, 9.17) is 14.2 Å². The maximum Gasteiger partial charge on any atom is 0.201 e. The van der Waals surface area contributed by atoms with Crippen LogP contribution >= 0.6 is 0 Å². The molecule has 1 spiro atoms. The van der Waals surface area contributed by atoms with Gasteiger partial charge in [0.2, 0.25) is 5.79 Å². The number of aliphatic hydroxyl groups is 1. The lowest BCUT2D eigenvalue weighted by Crippen LogP contribution is -2.67. The van der Waals surface area contributed by atoms with Gasteiger partial charge >= 0.3 is 0 Å². The predicted octanol–water partition coefficient (Wildman–Crippen LogP) is 1.89. The van der Waals surface area contributed by atoms with Crippen LogP contribution in [0.5, 0.6) is 0 Å². The third-order valence-electron chi connectivity index (χ3n) is 5.46. The van der Waals surface area contributed by atoms with E-state index in [2.05, 4.69) is 20.4 Å². The maximum absolute atomic E-state index is 10.8. The molecule has 0 aromatic heterocycles. The number of fused-ring (bicyclic) bond motifs is 1. The van der Waals surface area contributed by atoms with Gasteiger partial charge in [0, 0.05) is 26.6 Å². The summed E-state index contributed by atoms with van der Waals surface area (Å²) in [5.74, 6) is -0.601. The van der Waals surface area contributed by atoms with E-state index in [0.717, 1.165) is 5.57 Å². The second kappa shape index (κ2) is 4.41. The minimum absolute atomic E-state index is 0.0959. The van der Waals surface area contributed by atoms with E-state index in [1.54, 1.807) is 14.2 Å². The number of rotatable bonds is 3. The van der Waals surface area contributed by atoms with Crippen molar-refractivity contribution in [1.82, 2.24) is 0 Å². The molecule has 4 heteroatoms. The minimum atomic E-state index is -0.865. The van der Waals surface area contributed by atoms with Crippen LogP contribution in [0.1, 0.15) is 20.3 Å². The second-order valence-corrected chi connectivity index (χ2v) is 6.51. The molecular formula is C16H24O4. The van der Waals surface area contributed by atoms with E-state index in [1.165, 1.54) is 0 Å². The van der Waals surface area contributed by atoms with Crippen LogP contribution in [-0.4, -0.2) is 42.9 Å². The van der Waals surface area contributed by atoms with Crippen molar-refractivity contribution in [2.45, 2.75) is 43.9 Å². The summed E-state index contributed by atoms with van der Waals surface area (Å²) in [6.07, 6.45) is 4.00. The zero-order valence-electron chi connectivity index (χ0n) is 12.6. The van der Waals surface area contributed by atoms with Crippen molar-refractivity contribution >= 4 is 0 Å². The molecule has 0 aromatic rings. The zero-order chi connectivity index (χ0) is 14.7. The van der Waals surface area contributed by atoms with E-state index in [1.807, 2.05) is 12.2 Å². The van der Waals surface area contributed by atoms with Gasteiger partial charge in [0.1, 0.15) is 0 Å². The molecule has 0 aromatic carbocycles. The van der Waals surface area contributed by atoms with Crippen LogP contribution < -0.4 is 0 Å². The molecule has 20 heavy (non-hydrogen) atoms. The lowest BCUT2D eigenvalue weighted by atomic mass is 9.60. The average molecular weight is 280 g/mol. The van der Waals surface area contributed by atoms with Gasteiger partial charge in [-0.2, -0.15) is 0 Å². The molecule has 0 amide bonds. The van der Waals surface area contributed by atoms with Crippen LogP contribution in [0, 0.1) is 17.8 Å². The summed E-state index contributed by atoms with van der Waals surface area (Å²) in [7, 11) is 3.30. The molecule has 0 radical (unpaired) electrons. The fourth-order valence-electron chi connectivity index (χ4n) is 4.31. The van der Waals surface area contributed by atoms with Crippen molar-refractivity contribution < 1.29 is 19.3 Å². The van der Waals surface area contributed by atoms with Gasteiger partial charge in [0.25, 0.3) is 0 Å². The Bertz CT molecular complexity index is 451. The fourth-order valence-corrected chi connectivity index (χ4v) is 4.31. The smallest absolute Gasteiger partial charge is 0.201 e. The molecular weight excluding hydrogens is 256 g/mol.